The van der Waals surface area contributed by atoms with Crippen LogP contribution in [0.2, 0.25) is 0 Å². The lowest BCUT2D eigenvalue weighted by molar-refractivity contribution is 0.0523. The van der Waals surface area contributed by atoms with E-state index in [-0.39, 0.29) is 5.97 Å². The molecule has 6 heteroatoms. The second-order valence-electron chi connectivity index (χ2n) is 5.82. The molecule has 1 aromatic rings. The van der Waals surface area contributed by atoms with Crippen molar-refractivity contribution >= 4 is 5.97 Å². The Morgan fingerprint density at radius 3 is 2.90 bits per heavy atom. The monoisotopic (exact) mass is 294 g/mol. The van der Waals surface area contributed by atoms with Gasteiger partial charge in [0.25, 0.3) is 0 Å². The number of aromatic nitrogens is 2. The predicted molar refractivity (Wildman–Crippen MR) is 81.2 cm³/mol. The summed E-state index contributed by atoms with van der Waals surface area (Å²) in [5.41, 5.74) is 1.49. The maximum atomic E-state index is 12.0. The summed E-state index contributed by atoms with van der Waals surface area (Å²) in [5.74, 6) is -0.285. The number of rotatable bonds is 6. The molecule has 0 radical (unpaired) electrons. The lowest BCUT2D eigenvalue weighted by atomic mass is 10.2. The van der Waals surface area contributed by atoms with E-state index >= 15 is 0 Å². The van der Waals surface area contributed by atoms with Crippen molar-refractivity contribution in [2.75, 3.05) is 33.8 Å². The summed E-state index contributed by atoms with van der Waals surface area (Å²) in [5, 5.41) is 4.20. The van der Waals surface area contributed by atoms with Gasteiger partial charge in [0.05, 0.1) is 18.5 Å². The van der Waals surface area contributed by atoms with Gasteiger partial charge in [0.2, 0.25) is 0 Å². The SMILES string of the molecule is CCOC(=O)c1cnn(C)c1CN(C)CC1CCCN1C. The van der Waals surface area contributed by atoms with Gasteiger partial charge in [-0.05, 0) is 40.4 Å². The molecule has 21 heavy (non-hydrogen) atoms. The van der Waals surface area contributed by atoms with Gasteiger partial charge >= 0.3 is 5.97 Å². The number of hydrogen-bond acceptors (Lipinski definition) is 5. The van der Waals surface area contributed by atoms with Gasteiger partial charge in [0.1, 0.15) is 5.56 Å². The standard InChI is InChI=1S/C15H26N4O2/c1-5-21-15(20)13-9-16-19(4)14(13)11-17(2)10-12-7-6-8-18(12)3/h9,12H,5-8,10-11H2,1-4H3. The highest BCUT2D eigenvalue weighted by Crippen LogP contribution is 2.17. The van der Waals surface area contributed by atoms with E-state index in [0.29, 0.717) is 24.8 Å². The molecule has 2 heterocycles. The highest BCUT2D eigenvalue weighted by molar-refractivity contribution is 5.90. The molecule has 0 aliphatic carbocycles. The van der Waals surface area contributed by atoms with Crippen molar-refractivity contribution in [3.63, 3.8) is 0 Å². The van der Waals surface area contributed by atoms with E-state index in [9.17, 15) is 4.79 Å². The van der Waals surface area contributed by atoms with Crippen molar-refractivity contribution in [3.8, 4) is 0 Å². The number of likely N-dealkylation sites (tertiary alicyclic amines) is 1. The van der Waals surface area contributed by atoms with E-state index in [1.165, 1.54) is 19.4 Å². The number of nitrogens with zero attached hydrogens (tertiary/aromatic N) is 4. The summed E-state index contributed by atoms with van der Waals surface area (Å²) < 4.78 is 6.86. The van der Waals surface area contributed by atoms with Gasteiger partial charge in [0.15, 0.2) is 0 Å². The van der Waals surface area contributed by atoms with Gasteiger partial charge in [-0.1, -0.05) is 0 Å². The van der Waals surface area contributed by atoms with Gasteiger partial charge in [-0.25, -0.2) is 4.79 Å². The molecule has 118 valence electrons. The first kappa shape index (κ1) is 16.0. The third-order valence-electron chi connectivity index (χ3n) is 4.17. The molecule has 1 fully saturated rings. The van der Waals surface area contributed by atoms with Crippen LogP contribution in [0.25, 0.3) is 0 Å². The van der Waals surface area contributed by atoms with E-state index in [1.807, 2.05) is 14.0 Å². The number of carbonyl (C=O) groups excluding carboxylic acids is 1. The zero-order valence-corrected chi connectivity index (χ0v) is 13.5. The summed E-state index contributed by atoms with van der Waals surface area (Å²) in [6.07, 6.45) is 4.12. The first-order valence-corrected chi connectivity index (χ1v) is 7.59. The number of carbonyl (C=O) groups is 1. The summed E-state index contributed by atoms with van der Waals surface area (Å²) in [7, 11) is 6.14. The van der Waals surface area contributed by atoms with Crippen LogP contribution < -0.4 is 0 Å². The fraction of sp³-hybridized carbons (Fsp3) is 0.733. The van der Waals surface area contributed by atoms with Crippen LogP contribution >= 0.6 is 0 Å². The number of esters is 1. The minimum absolute atomic E-state index is 0.285. The highest BCUT2D eigenvalue weighted by Gasteiger charge is 2.24. The average molecular weight is 294 g/mol. The van der Waals surface area contributed by atoms with Gasteiger partial charge < -0.3 is 9.64 Å². The zero-order valence-electron chi connectivity index (χ0n) is 13.5. The Morgan fingerprint density at radius 2 is 2.29 bits per heavy atom. The molecule has 6 nitrogen and oxygen atoms in total. The third-order valence-corrected chi connectivity index (χ3v) is 4.17. The van der Waals surface area contributed by atoms with E-state index in [1.54, 1.807) is 10.9 Å². The Labute approximate surface area is 126 Å². The number of aryl methyl sites for hydroxylation is 1. The molecule has 1 unspecified atom stereocenters. The van der Waals surface area contributed by atoms with E-state index in [2.05, 4.69) is 29.0 Å². The lowest BCUT2D eigenvalue weighted by Crippen LogP contribution is -2.36. The molecule has 0 spiro atoms. The van der Waals surface area contributed by atoms with Crippen molar-refractivity contribution < 1.29 is 9.53 Å². The Kier molecular flexibility index (Phi) is 5.36. The van der Waals surface area contributed by atoms with Gasteiger partial charge in [-0.2, -0.15) is 5.10 Å². The first-order valence-electron chi connectivity index (χ1n) is 7.59. The number of hydrogen-bond donors (Lipinski definition) is 0. The second-order valence-corrected chi connectivity index (χ2v) is 5.82. The van der Waals surface area contributed by atoms with Crippen LogP contribution in [0.3, 0.4) is 0 Å². The summed E-state index contributed by atoms with van der Waals surface area (Å²) in [6.45, 7) is 5.09. The van der Waals surface area contributed by atoms with Crippen LogP contribution in [0.5, 0.6) is 0 Å². The number of ether oxygens (including phenoxy) is 1. The van der Waals surface area contributed by atoms with Gasteiger partial charge in [-0.3, -0.25) is 9.58 Å². The minimum Gasteiger partial charge on any atom is -0.462 e. The molecule has 0 amide bonds. The molecule has 1 saturated heterocycles. The summed E-state index contributed by atoms with van der Waals surface area (Å²) >= 11 is 0. The quantitative estimate of drug-likeness (QED) is 0.736. The van der Waals surface area contributed by atoms with Gasteiger partial charge in [0, 0.05) is 26.2 Å². The van der Waals surface area contributed by atoms with E-state index < -0.39 is 0 Å². The predicted octanol–water partition coefficient (Wildman–Crippen LogP) is 1.12. The molecular weight excluding hydrogens is 268 g/mol. The first-order chi connectivity index (χ1) is 10.0. The fourth-order valence-corrected chi connectivity index (χ4v) is 2.92. The zero-order chi connectivity index (χ0) is 15.4. The molecule has 1 aliphatic rings. The molecule has 1 aliphatic heterocycles. The molecule has 2 rings (SSSR count). The van der Waals surface area contributed by atoms with E-state index in [0.717, 1.165) is 12.2 Å². The summed E-state index contributed by atoms with van der Waals surface area (Å²) in [6, 6.07) is 0.606. The van der Waals surface area contributed by atoms with Crippen LogP contribution in [-0.2, 0) is 18.3 Å². The van der Waals surface area contributed by atoms with Crippen LogP contribution in [0.15, 0.2) is 6.20 Å². The summed E-state index contributed by atoms with van der Waals surface area (Å²) in [4.78, 5) is 16.6. The van der Waals surface area contributed by atoms with Crippen molar-refractivity contribution in [2.24, 2.45) is 7.05 Å². The van der Waals surface area contributed by atoms with Crippen molar-refractivity contribution in [3.05, 3.63) is 17.5 Å². The smallest absolute Gasteiger partial charge is 0.341 e. The molecule has 1 aromatic heterocycles. The molecule has 1 atom stereocenters. The Bertz CT molecular complexity index is 486. The second kappa shape index (κ2) is 7.04. The molecular formula is C15H26N4O2. The van der Waals surface area contributed by atoms with Crippen molar-refractivity contribution in [1.82, 2.24) is 19.6 Å². The Morgan fingerprint density at radius 1 is 1.52 bits per heavy atom. The minimum atomic E-state index is -0.285. The van der Waals surface area contributed by atoms with Crippen LogP contribution in [0.1, 0.15) is 35.8 Å². The van der Waals surface area contributed by atoms with Crippen molar-refractivity contribution in [2.45, 2.75) is 32.4 Å². The third kappa shape index (κ3) is 3.83. The lowest BCUT2D eigenvalue weighted by Gasteiger charge is -2.26. The van der Waals surface area contributed by atoms with Crippen LogP contribution in [0.4, 0.5) is 0 Å². The van der Waals surface area contributed by atoms with Gasteiger partial charge in [-0.15, -0.1) is 0 Å². The molecule has 0 bridgehead atoms. The molecule has 0 saturated carbocycles. The maximum absolute atomic E-state index is 12.0. The highest BCUT2D eigenvalue weighted by atomic mass is 16.5. The topological polar surface area (TPSA) is 50.6 Å². The number of likely N-dealkylation sites (N-methyl/N-ethyl adjacent to an activating group) is 2. The fourth-order valence-electron chi connectivity index (χ4n) is 2.92. The normalized spacial score (nSPS) is 19.4. The Hall–Kier alpha value is -1.40. The molecule has 0 N–H and O–H groups in total. The molecule has 0 aromatic carbocycles. The average Bonchev–Trinajstić information content (AvgIpc) is 2.98. The Balaban J connectivity index is 2.01. The van der Waals surface area contributed by atoms with Crippen LogP contribution in [-0.4, -0.2) is 65.4 Å². The van der Waals surface area contributed by atoms with Crippen LogP contribution in [0, 0.1) is 0 Å². The maximum Gasteiger partial charge on any atom is 0.341 e. The van der Waals surface area contributed by atoms with Crippen molar-refractivity contribution in [1.29, 1.82) is 0 Å². The largest absolute Gasteiger partial charge is 0.462 e. The van der Waals surface area contributed by atoms with E-state index in [4.69, 9.17) is 4.74 Å².